The van der Waals surface area contributed by atoms with Gasteiger partial charge < -0.3 is 4.57 Å². The van der Waals surface area contributed by atoms with Crippen LogP contribution in [0.15, 0.2) is 212 Å². The number of aromatic nitrogens is 5. The standard InChI is InChI=1S/C57H35N5S/c1-4-14-36(15-5-1)38-24-28-40(29-25-38)55-58-56(41-30-26-39(27-31-41)37-16-6-2-7-17-37)60-57(59-55)62-49-23-13-11-21-44(49)46-34-47-52(35-50(46)62)63-51-33-32-45-43-20-10-12-22-48(43)61(54(45)53(47)51)42-18-8-3-9-19-42/h1-35H. The van der Waals surface area contributed by atoms with Crippen LogP contribution in [0.1, 0.15) is 0 Å². The van der Waals surface area contributed by atoms with Crippen LogP contribution in [-0.2, 0) is 0 Å². The second kappa shape index (κ2) is 14.2. The van der Waals surface area contributed by atoms with Crippen LogP contribution in [-0.4, -0.2) is 24.1 Å². The quantitative estimate of drug-likeness (QED) is 0.168. The number of rotatable bonds is 6. The number of nitrogens with zero attached hydrogens (tertiary/aromatic N) is 5. The Morgan fingerprint density at radius 2 is 0.810 bits per heavy atom. The lowest BCUT2D eigenvalue weighted by Gasteiger charge is -2.12. The van der Waals surface area contributed by atoms with Crippen molar-refractivity contribution in [1.82, 2.24) is 24.1 Å². The first-order valence-corrected chi connectivity index (χ1v) is 22.0. The molecule has 6 heteroatoms. The molecule has 0 aliphatic rings. The van der Waals surface area contributed by atoms with E-state index in [-0.39, 0.29) is 0 Å². The van der Waals surface area contributed by atoms with Gasteiger partial charge in [-0.25, -0.2) is 4.98 Å². The molecule has 0 bridgehead atoms. The molecule has 0 atom stereocenters. The zero-order chi connectivity index (χ0) is 41.4. The van der Waals surface area contributed by atoms with Crippen molar-refractivity contribution in [2.75, 3.05) is 0 Å². The van der Waals surface area contributed by atoms with Gasteiger partial charge in [-0.15, -0.1) is 11.3 Å². The Balaban J connectivity index is 1.05. The van der Waals surface area contributed by atoms with Crippen LogP contribution >= 0.6 is 11.3 Å². The smallest absolute Gasteiger partial charge is 0.238 e. The lowest BCUT2D eigenvalue weighted by Crippen LogP contribution is -2.06. The third-order valence-corrected chi connectivity index (χ3v) is 13.5. The van der Waals surface area contributed by atoms with Crippen LogP contribution in [0.25, 0.3) is 120 Å². The molecule has 0 saturated carbocycles. The predicted molar refractivity (Wildman–Crippen MR) is 263 cm³/mol. The Bertz CT molecular complexity index is 3770. The minimum absolute atomic E-state index is 0.576. The second-order valence-electron chi connectivity index (χ2n) is 16.0. The fraction of sp³-hybridized carbons (Fsp3) is 0. The van der Waals surface area contributed by atoms with Gasteiger partial charge in [0.2, 0.25) is 5.95 Å². The number of benzene rings is 9. The van der Waals surface area contributed by atoms with Crippen molar-refractivity contribution in [3.63, 3.8) is 0 Å². The molecule has 9 aromatic carbocycles. The molecule has 0 unspecified atom stereocenters. The largest absolute Gasteiger partial charge is 0.309 e. The lowest BCUT2D eigenvalue weighted by molar-refractivity contribution is 0.954. The Labute approximate surface area is 366 Å². The van der Waals surface area contributed by atoms with E-state index >= 15 is 0 Å². The molecule has 0 amide bonds. The highest BCUT2D eigenvalue weighted by Gasteiger charge is 2.22. The highest BCUT2D eigenvalue weighted by molar-refractivity contribution is 7.26. The highest BCUT2D eigenvalue weighted by Crippen LogP contribution is 2.46. The Hall–Kier alpha value is -8.19. The van der Waals surface area contributed by atoms with E-state index < -0.39 is 0 Å². The van der Waals surface area contributed by atoms with E-state index in [0.717, 1.165) is 49.7 Å². The number of fused-ring (bicyclic) bond motifs is 10. The van der Waals surface area contributed by atoms with Crippen LogP contribution in [0.5, 0.6) is 0 Å². The molecule has 5 nitrogen and oxygen atoms in total. The average Bonchev–Trinajstić information content (AvgIpc) is 4.01. The van der Waals surface area contributed by atoms with Gasteiger partial charge in [0, 0.05) is 58.5 Å². The van der Waals surface area contributed by atoms with Crippen molar-refractivity contribution in [2.24, 2.45) is 0 Å². The maximum Gasteiger partial charge on any atom is 0.238 e. The van der Waals surface area contributed by atoms with Gasteiger partial charge in [0.25, 0.3) is 0 Å². The summed E-state index contributed by atoms with van der Waals surface area (Å²) in [7, 11) is 0. The number of thiophene rings is 1. The van der Waals surface area contributed by atoms with Crippen LogP contribution < -0.4 is 0 Å². The molecule has 4 heterocycles. The molecule has 13 aromatic rings. The summed E-state index contributed by atoms with van der Waals surface area (Å²) in [6.45, 7) is 0. The van der Waals surface area contributed by atoms with Crippen molar-refractivity contribution < 1.29 is 0 Å². The first kappa shape index (κ1) is 35.6. The number of hydrogen-bond acceptors (Lipinski definition) is 4. The van der Waals surface area contributed by atoms with Crippen LogP contribution in [0.2, 0.25) is 0 Å². The summed E-state index contributed by atoms with van der Waals surface area (Å²) in [4.78, 5) is 15.8. The fourth-order valence-corrected chi connectivity index (χ4v) is 10.6. The topological polar surface area (TPSA) is 48.5 Å². The van der Waals surface area contributed by atoms with Crippen molar-refractivity contribution in [3.05, 3.63) is 212 Å². The molecule has 63 heavy (non-hydrogen) atoms. The molecule has 0 N–H and O–H groups in total. The summed E-state index contributed by atoms with van der Waals surface area (Å²) in [6.07, 6.45) is 0. The molecule has 0 radical (unpaired) electrons. The number of para-hydroxylation sites is 3. The van der Waals surface area contributed by atoms with E-state index in [1.165, 1.54) is 53.1 Å². The molecular formula is C57H35N5S. The van der Waals surface area contributed by atoms with Gasteiger partial charge in [-0.3, -0.25) is 4.57 Å². The molecule has 0 fully saturated rings. The first-order chi connectivity index (χ1) is 31.2. The van der Waals surface area contributed by atoms with Crippen LogP contribution in [0.3, 0.4) is 0 Å². The van der Waals surface area contributed by atoms with Gasteiger partial charge in [-0.1, -0.05) is 170 Å². The molecule has 0 aliphatic heterocycles. The Morgan fingerprint density at radius 3 is 1.41 bits per heavy atom. The Kier molecular flexibility index (Phi) is 8.01. The van der Waals surface area contributed by atoms with Crippen molar-refractivity contribution >= 4 is 75.1 Å². The van der Waals surface area contributed by atoms with Gasteiger partial charge in [-0.05, 0) is 64.7 Å². The van der Waals surface area contributed by atoms with Crippen molar-refractivity contribution in [1.29, 1.82) is 0 Å². The van der Waals surface area contributed by atoms with Crippen molar-refractivity contribution in [2.45, 2.75) is 0 Å². The molecular weight excluding hydrogens is 787 g/mol. The molecule has 0 saturated heterocycles. The zero-order valence-corrected chi connectivity index (χ0v) is 34.7. The van der Waals surface area contributed by atoms with E-state index in [4.69, 9.17) is 15.0 Å². The molecule has 0 spiro atoms. The van der Waals surface area contributed by atoms with Gasteiger partial charge in [0.15, 0.2) is 11.6 Å². The van der Waals surface area contributed by atoms with Gasteiger partial charge in [-0.2, -0.15) is 9.97 Å². The van der Waals surface area contributed by atoms with E-state index in [0.29, 0.717) is 17.6 Å². The number of hydrogen-bond donors (Lipinski definition) is 0. The first-order valence-electron chi connectivity index (χ1n) is 21.2. The summed E-state index contributed by atoms with van der Waals surface area (Å²) < 4.78 is 7.14. The third kappa shape index (κ3) is 5.73. The Morgan fingerprint density at radius 1 is 0.317 bits per heavy atom. The summed E-state index contributed by atoms with van der Waals surface area (Å²) in [5.74, 6) is 1.81. The molecule has 294 valence electrons. The SMILES string of the molecule is c1ccc(-c2ccc(-c3nc(-c4ccc(-c5ccccc5)cc4)nc(-n4c5ccccc5c5cc6c(cc54)sc4ccc5c7ccccc7n(-c7ccccc7)c5c46)n3)cc2)cc1. The van der Waals surface area contributed by atoms with E-state index in [1.807, 2.05) is 23.5 Å². The van der Waals surface area contributed by atoms with Crippen LogP contribution in [0, 0.1) is 0 Å². The summed E-state index contributed by atoms with van der Waals surface area (Å²) in [5, 5.41) is 7.32. The van der Waals surface area contributed by atoms with E-state index in [1.54, 1.807) is 0 Å². The lowest BCUT2D eigenvalue weighted by atomic mass is 10.0. The van der Waals surface area contributed by atoms with Gasteiger partial charge >= 0.3 is 0 Å². The van der Waals surface area contributed by atoms with E-state index in [9.17, 15) is 0 Å². The normalized spacial score (nSPS) is 11.8. The third-order valence-electron chi connectivity index (χ3n) is 12.4. The van der Waals surface area contributed by atoms with Gasteiger partial charge in [0.1, 0.15) is 0 Å². The summed E-state index contributed by atoms with van der Waals surface area (Å²) in [5.41, 5.74) is 12.1. The average molecular weight is 822 g/mol. The summed E-state index contributed by atoms with van der Waals surface area (Å²) >= 11 is 1.84. The minimum atomic E-state index is 0.576. The second-order valence-corrected chi connectivity index (χ2v) is 17.1. The molecule has 4 aromatic heterocycles. The monoisotopic (exact) mass is 821 g/mol. The van der Waals surface area contributed by atoms with Crippen molar-refractivity contribution in [3.8, 4) is 56.7 Å². The highest BCUT2D eigenvalue weighted by atomic mass is 32.1. The zero-order valence-electron chi connectivity index (χ0n) is 33.9. The fourth-order valence-electron chi connectivity index (χ4n) is 9.45. The van der Waals surface area contributed by atoms with Crippen LogP contribution in [0.4, 0.5) is 0 Å². The maximum absolute atomic E-state index is 5.31. The van der Waals surface area contributed by atoms with E-state index in [2.05, 4.69) is 209 Å². The minimum Gasteiger partial charge on any atom is -0.309 e. The molecule has 13 rings (SSSR count). The van der Waals surface area contributed by atoms with Gasteiger partial charge in [0.05, 0.1) is 22.1 Å². The summed E-state index contributed by atoms with van der Waals surface area (Å²) in [6, 6.07) is 75.5. The maximum atomic E-state index is 5.31. The predicted octanol–water partition coefficient (Wildman–Crippen LogP) is 15.1. The molecule has 0 aliphatic carbocycles.